The number of halogens is 3. The molecule has 156 valence electrons. The molecule has 0 saturated carbocycles. The molecule has 1 aromatic heterocycles. The predicted octanol–water partition coefficient (Wildman–Crippen LogP) is 7.14. The van der Waals surface area contributed by atoms with Crippen LogP contribution in [0.25, 0.3) is 0 Å². The zero-order chi connectivity index (χ0) is 21.1. The van der Waals surface area contributed by atoms with Gasteiger partial charge in [-0.25, -0.2) is 0 Å². The molecule has 1 aromatic carbocycles. The minimum absolute atomic E-state index is 0.0457. The first-order valence-corrected chi connectivity index (χ1v) is 12.9. The van der Waals surface area contributed by atoms with Gasteiger partial charge in [0, 0.05) is 14.9 Å². The first-order valence-electron chi connectivity index (χ1n) is 9.72. The van der Waals surface area contributed by atoms with Gasteiger partial charge in [-0.3, -0.25) is 4.79 Å². The van der Waals surface area contributed by atoms with Gasteiger partial charge in [0.05, 0.1) is 14.5 Å². The summed E-state index contributed by atoms with van der Waals surface area (Å²) in [6.45, 7) is 6.97. The zero-order valence-corrected chi connectivity index (χ0v) is 22.0. The van der Waals surface area contributed by atoms with Crippen LogP contribution < -0.4 is 10.6 Å². The topological polar surface area (TPSA) is 61.4 Å². The Morgan fingerprint density at radius 3 is 2.66 bits per heavy atom. The average molecular weight is 607 g/mol. The fraction of sp³-hybridized carbons (Fsp3) is 0.476. The minimum Gasteiger partial charge on any atom is -0.506 e. The summed E-state index contributed by atoms with van der Waals surface area (Å²) in [4.78, 5) is 14.4. The highest BCUT2D eigenvalue weighted by Gasteiger charge is 2.38. The number of anilines is 1. The number of aromatic hydroxyl groups is 1. The number of rotatable bonds is 3. The quantitative estimate of drug-likeness (QED) is 0.348. The maximum Gasteiger partial charge on any atom is 0.256 e. The Bertz CT molecular complexity index is 1000. The number of fused-ring (bicyclic) bond motifs is 3. The number of benzene rings is 1. The fourth-order valence-corrected chi connectivity index (χ4v) is 8.19. The van der Waals surface area contributed by atoms with E-state index in [2.05, 4.69) is 79.2 Å². The van der Waals surface area contributed by atoms with Crippen molar-refractivity contribution in [3.05, 3.63) is 41.1 Å². The second-order valence-electron chi connectivity index (χ2n) is 8.46. The Balaban J connectivity index is 1.69. The van der Waals surface area contributed by atoms with Gasteiger partial charge < -0.3 is 15.7 Å². The van der Waals surface area contributed by atoms with Gasteiger partial charge in [-0.15, -0.1) is 11.3 Å². The van der Waals surface area contributed by atoms with Crippen LogP contribution in [-0.4, -0.2) is 11.0 Å². The van der Waals surface area contributed by atoms with E-state index < -0.39 is 6.17 Å². The lowest BCUT2D eigenvalue weighted by Gasteiger charge is -2.36. The molecule has 1 amide bonds. The number of phenolic OH excluding ortho intramolecular Hbond substituents is 1. The Morgan fingerprint density at radius 1 is 1.24 bits per heavy atom. The van der Waals surface area contributed by atoms with E-state index in [4.69, 9.17) is 0 Å². The summed E-state index contributed by atoms with van der Waals surface area (Å²) in [5.74, 6) is 0.710. The van der Waals surface area contributed by atoms with Gasteiger partial charge >= 0.3 is 0 Å². The molecule has 2 atom stereocenters. The number of thiophene rings is 1. The van der Waals surface area contributed by atoms with Crippen LogP contribution in [0.5, 0.6) is 5.75 Å². The van der Waals surface area contributed by atoms with Gasteiger partial charge in [-0.05, 0) is 74.1 Å². The summed E-state index contributed by atoms with van der Waals surface area (Å²) in [5, 5.41) is 17.8. The van der Waals surface area contributed by atoms with Crippen molar-refractivity contribution < 1.29 is 9.90 Å². The van der Waals surface area contributed by atoms with Crippen molar-refractivity contribution in [2.75, 3.05) is 5.32 Å². The largest absolute Gasteiger partial charge is 0.506 e. The molecule has 3 N–H and O–H groups in total. The number of hydrogen-bond acceptors (Lipinski definition) is 4. The third-order valence-corrected chi connectivity index (χ3v) is 9.78. The van der Waals surface area contributed by atoms with Crippen LogP contribution in [0.1, 0.15) is 66.1 Å². The number of phenols is 1. The van der Waals surface area contributed by atoms with E-state index in [0.29, 0.717) is 20.3 Å². The molecule has 2 aromatic rings. The van der Waals surface area contributed by atoms with Crippen LogP contribution in [0.15, 0.2) is 19.5 Å². The summed E-state index contributed by atoms with van der Waals surface area (Å²) in [5.41, 5.74) is 3.10. The third kappa shape index (κ3) is 3.68. The third-order valence-electron chi connectivity index (χ3n) is 6.53. The van der Waals surface area contributed by atoms with Crippen LogP contribution >= 0.6 is 59.1 Å². The number of nitrogens with one attached hydrogen (secondary N) is 2. The highest BCUT2D eigenvalue weighted by molar-refractivity contribution is 9.11. The van der Waals surface area contributed by atoms with E-state index in [0.717, 1.165) is 46.3 Å². The van der Waals surface area contributed by atoms with Gasteiger partial charge in [0.15, 0.2) is 0 Å². The number of carbonyl (C=O) groups is 1. The number of hydrogen-bond donors (Lipinski definition) is 3. The first-order chi connectivity index (χ1) is 13.6. The van der Waals surface area contributed by atoms with Crippen molar-refractivity contribution >= 4 is 70.0 Å². The van der Waals surface area contributed by atoms with Gasteiger partial charge in [-0.2, -0.15) is 0 Å². The van der Waals surface area contributed by atoms with Crippen LogP contribution in [0.3, 0.4) is 0 Å². The van der Waals surface area contributed by atoms with Crippen molar-refractivity contribution in [3.63, 3.8) is 0 Å². The molecule has 2 aliphatic rings. The van der Waals surface area contributed by atoms with E-state index in [1.165, 1.54) is 10.4 Å². The lowest BCUT2D eigenvalue weighted by molar-refractivity contribution is 0.0934. The molecule has 1 aliphatic carbocycles. The van der Waals surface area contributed by atoms with Crippen LogP contribution in [0.4, 0.5) is 5.00 Å². The fourth-order valence-electron chi connectivity index (χ4n) is 4.26. The smallest absolute Gasteiger partial charge is 0.256 e. The van der Waals surface area contributed by atoms with Gasteiger partial charge in [-0.1, -0.05) is 43.1 Å². The van der Waals surface area contributed by atoms with E-state index in [-0.39, 0.29) is 11.7 Å². The Morgan fingerprint density at radius 2 is 1.97 bits per heavy atom. The molecule has 0 bridgehead atoms. The highest BCUT2D eigenvalue weighted by Crippen LogP contribution is 2.48. The van der Waals surface area contributed by atoms with Gasteiger partial charge in [0.2, 0.25) is 0 Å². The normalized spacial score (nSPS) is 21.2. The molecule has 0 spiro atoms. The molecule has 4 rings (SSSR count). The maximum absolute atomic E-state index is 13.1. The lowest BCUT2D eigenvalue weighted by Crippen LogP contribution is -2.39. The summed E-state index contributed by atoms with van der Waals surface area (Å²) in [7, 11) is 0. The first kappa shape index (κ1) is 21.7. The molecule has 0 radical (unpaired) electrons. The second kappa shape index (κ2) is 7.84. The summed E-state index contributed by atoms with van der Waals surface area (Å²) in [6.07, 6.45) is 3.86. The molecule has 8 heteroatoms. The standard InChI is InChI=1S/C21H23Br3N2O2S/c1-4-21(2,3)9-5-6-10-13(7-9)29-20-14(10)19(28)25-18(26-20)15-11(22)8-12(23)17(27)16(15)24/h8-9,18,26-27H,4-7H2,1-3H3,(H,25,28)/t9-,18+/m0/s1. The molecular weight excluding hydrogens is 584 g/mol. The Kier molecular flexibility index (Phi) is 5.86. The Hall–Kier alpha value is -0.570. The van der Waals surface area contributed by atoms with Crippen LogP contribution in [-0.2, 0) is 12.8 Å². The zero-order valence-electron chi connectivity index (χ0n) is 16.5. The van der Waals surface area contributed by atoms with Gasteiger partial charge in [0.1, 0.15) is 16.9 Å². The minimum atomic E-state index is -0.430. The molecule has 0 unspecified atom stereocenters. The Labute approximate surface area is 200 Å². The molecular formula is C21H23Br3N2O2S. The summed E-state index contributed by atoms with van der Waals surface area (Å²) >= 11 is 12.1. The lowest BCUT2D eigenvalue weighted by atomic mass is 9.69. The molecule has 0 saturated heterocycles. The van der Waals surface area contributed by atoms with Crippen molar-refractivity contribution in [2.24, 2.45) is 11.3 Å². The van der Waals surface area contributed by atoms with E-state index in [1.807, 2.05) is 0 Å². The van der Waals surface area contributed by atoms with Crippen LogP contribution in [0.2, 0.25) is 0 Å². The highest BCUT2D eigenvalue weighted by atomic mass is 79.9. The van der Waals surface area contributed by atoms with Crippen molar-refractivity contribution in [2.45, 2.75) is 52.6 Å². The predicted molar refractivity (Wildman–Crippen MR) is 129 cm³/mol. The molecule has 29 heavy (non-hydrogen) atoms. The van der Waals surface area contributed by atoms with Gasteiger partial charge in [0.25, 0.3) is 5.91 Å². The molecule has 0 fully saturated rings. The van der Waals surface area contributed by atoms with Crippen LogP contribution in [0, 0.1) is 11.3 Å². The van der Waals surface area contributed by atoms with E-state index in [1.54, 1.807) is 17.4 Å². The van der Waals surface area contributed by atoms with Crippen molar-refractivity contribution in [3.8, 4) is 5.75 Å². The number of amides is 1. The SMILES string of the molecule is CCC(C)(C)[C@H]1CCc2c(sc3c2C(=O)N[C@@H](c2c(Br)cc(Br)c(O)c2Br)N3)C1. The summed E-state index contributed by atoms with van der Waals surface area (Å²) < 4.78 is 1.92. The van der Waals surface area contributed by atoms with E-state index >= 15 is 0 Å². The molecule has 2 heterocycles. The monoisotopic (exact) mass is 604 g/mol. The van der Waals surface area contributed by atoms with Crippen molar-refractivity contribution in [1.82, 2.24) is 5.32 Å². The maximum atomic E-state index is 13.1. The van der Waals surface area contributed by atoms with E-state index in [9.17, 15) is 9.90 Å². The molecule has 1 aliphatic heterocycles. The summed E-state index contributed by atoms with van der Waals surface area (Å²) in [6, 6.07) is 1.79. The number of carbonyl (C=O) groups excluding carboxylic acids is 1. The second-order valence-corrected chi connectivity index (χ2v) is 12.1. The van der Waals surface area contributed by atoms with Crippen molar-refractivity contribution in [1.29, 1.82) is 0 Å². The molecule has 4 nitrogen and oxygen atoms in total. The average Bonchev–Trinajstić information content (AvgIpc) is 3.04.